The Kier molecular flexibility index (Phi) is 6.14. The van der Waals surface area contributed by atoms with E-state index in [9.17, 15) is 23.1 Å². The predicted octanol–water partition coefficient (Wildman–Crippen LogP) is 3.85. The molecule has 1 aliphatic carbocycles. The molecule has 0 aliphatic heterocycles. The molecule has 0 atom stereocenters. The summed E-state index contributed by atoms with van der Waals surface area (Å²) in [6.45, 7) is 0. The van der Waals surface area contributed by atoms with Crippen LogP contribution in [-0.4, -0.2) is 31.4 Å². The number of amides is 1. The summed E-state index contributed by atoms with van der Waals surface area (Å²) in [5.41, 5.74) is 2.37. The molecule has 3 N–H and O–H groups in total. The van der Waals surface area contributed by atoms with Crippen molar-refractivity contribution in [3.8, 4) is 0 Å². The fraction of sp³-hybridized carbons (Fsp3) is 0.130. The van der Waals surface area contributed by atoms with Gasteiger partial charge in [-0.3, -0.25) is 4.79 Å². The molecule has 3 aromatic rings. The topological polar surface area (TPSA) is 113 Å². The molecule has 0 heterocycles. The zero-order valence-corrected chi connectivity index (χ0v) is 19.1. The van der Waals surface area contributed by atoms with Crippen LogP contribution >= 0.6 is 15.9 Å². The monoisotopic (exact) mass is 514 g/mol. The largest absolute Gasteiger partial charge is 0.478 e. The van der Waals surface area contributed by atoms with Crippen LogP contribution in [0.4, 0.5) is 5.69 Å². The van der Waals surface area contributed by atoms with E-state index >= 15 is 0 Å². The Labute approximate surface area is 193 Å². The van der Waals surface area contributed by atoms with Crippen molar-refractivity contribution in [1.82, 2.24) is 4.72 Å². The van der Waals surface area contributed by atoms with Gasteiger partial charge in [-0.2, -0.15) is 0 Å². The van der Waals surface area contributed by atoms with Crippen LogP contribution in [0.15, 0.2) is 76.1 Å². The van der Waals surface area contributed by atoms with Gasteiger partial charge in [0.2, 0.25) is 10.0 Å². The Morgan fingerprint density at radius 2 is 1.62 bits per heavy atom. The number of fused-ring (bicyclic) bond motifs is 1. The quantitative estimate of drug-likeness (QED) is 0.462. The molecule has 32 heavy (non-hydrogen) atoms. The van der Waals surface area contributed by atoms with E-state index < -0.39 is 21.9 Å². The fourth-order valence-corrected chi connectivity index (χ4v) is 5.37. The minimum atomic E-state index is -3.85. The molecular formula is C23H19BrN2O5S. The summed E-state index contributed by atoms with van der Waals surface area (Å²) in [5.74, 6) is -1.81. The molecule has 1 amide bonds. The Hall–Kier alpha value is -3.01. The highest BCUT2D eigenvalue weighted by Gasteiger charge is 2.26. The number of hydrogen-bond acceptors (Lipinski definition) is 4. The molecule has 0 radical (unpaired) electrons. The van der Waals surface area contributed by atoms with Gasteiger partial charge in [0.05, 0.1) is 16.1 Å². The third-order valence-electron chi connectivity index (χ3n) is 5.24. The van der Waals surface area contributed by atoms with Gasteiger partial charge in [0, 0.05) is 16.1 Å². The third kappa shape index (κ3) is 4.74. The maximum Gasteiger partial charge on any atom is 0.337 e. The van der Waals surface area contributed by atoms with Crippen LogP contribution in [0.3, 0.4) is 0 Å². The lowest BCUT2D eigenvalue weighted by Crippen LogP contribution is -2.35. The first kappa shape index (κ1) is 22.2. The predicted molar refractivity (Wildman–Crippen MR) is 123 cm³/mol. The van der Waals surface area contributed by atoms with Crippen LogP contribution in [0.1, 0.15) is 31.8 Å². The van der Waals surface area contributed by atoms with Gasteiger partial charge < -0.3 is 10.4 Å². The zero-order chi connectivity index (χ0) is 22.9. The second kappa shape index (κ2) is 8.85. The number of carbonyl (C=O) groups excluding carboxylic acids is 1. The molecule has 3 aromatic carbocycles. The SMILES string of the molecule is O=C(Nc1ccc(Br)cc1C(=O)O)c1cccc(S(=O)(=O)NC2Cc3ccccc3C2)c1. The molecule has 0 aromatic heterocycles. The number of carbonyl (C=O) groups is 2. The van der Waals surface area contributed by atoms with E-state index in [1.165, 1.54) is 36.4 Å². The number of rotatable bonds is 6. The van der Waals surface area contributed by atoms with Crippen molar-refractivity contribution in [2.75, 3.05) is 5.32 Å². The summed E-state index contributed by atoms with van der Waals surface area (Å²) in [6, 6.07) is 17.7. The number of aromatic carboxylic acids is 1. The fourth-order valence-electron chi connectivity index (χ4n) is 3.73. The van der Waals surface area contributed by atoms with Crippen molar-refractivity contribution in [3.05, 3.63) is 93.5 Å². The highest BCUT2D eigenvalue weighted by molar-refractivity contribution is 9.10. The van der Waals surface area contributed by atoms with E-state index in [0.29, 0.717) is 17.3 Å². The van der Waals surface area contributed by atoms with Crippen molar-refractivity contribution in [3.63, 3.8) is 0 Å². The molecule has 0 bridgehead atoms. The second-order valence-electron chi connectivity index (χ2n) is 7.47. The molecule has 0 saturated heterocycles. The molecule has 0 spiro atoms. The van der Waals surface area contributed by atoms with E-state index in [1.54, 1.807) is 6.07 Å². The zero-order valence-electron chi connectivity index (χ0n) is 16.7. The summed E-state index contributed by atoms with van der Waals surface area (Å²) in [5, 5.41) is 11.9. The molecule has 0 saturated carbocycles. The molecule has 0 fully saturated rings. The number of anilines is 1. The van der Waals surface area contributed by atoms with E-state index in [4.69, 9.17) is 0 Å². The lowest BCUT2D eigenvalue weighted by molar-refractivity contribution is 0.0698. The number of hydrogen-bond donors (Lipinski definition) is 3. The van der Waals surface area contributed by atoms with Gasteiger partial charge in [0.15, 0.2) is 0 Å². The van der Waals surface area contributed by atoms with Crippen LogP contribution in [0.5, 0.6) is 0 Å². The van der Waals surface area contributed by atoms with Crippen LogP contribution < -0.4 is 10.0 Å². The van der Waals surface area contributed by atoms with Crippen LogP contribution in [-0.2, 0) is 22.9 Å². The summed E-state index contributed by atoms with van der Waals surface area (Å²) in [4.78, 5) is 24.1. The Morgan fingerprint density at radius 1 is 0.938 bits per heavy atom. The van der Waals surface area contributed by atoms with E-state index in [2.05, 4.69) is 26.0 Å². The Bertz CT molecular complexity index is 1300. The van der Waals surface area contributed by atoms with Crippen molar-refractivity contribution >= 4 is 43.5 Å². The maximum atomic E-state index is 12.9. The molecule has 9 heteroatoms. The van der Waals surface area contributed by atoms with Crippen molar-refractivity contribution in [2.45, 2.75) is 23.8 Å². The standard InChI is InChI=1S/C23H19BrN2O5S/c24-17-8-9-21(20(13-17)23(28)29)25-22(27)16-6-3-7-19(12-16)32(30,31)26-18-10-14-4-1-2-5-15(14)11-18/h1-9,12-13,18,26H,10-11H2,(H,25,27)(H,28,29). The molecular weight excluding hydrogens is 496 g/mol. The maximum absolute atomic E-state index is 12.9. The number of carboxylic acid groups (broad SMARTS) is 1. The number of sulfonamides is 1. The number of benzene rings is 3. The summed E-state index contributed by atoms with van der Waals surface area (Å²) in [6.07, 6.45) is 1.22. The summed E-state index contributed by atoms with van der Waals surface area (Å²) in [7, 11) is -3.85. The first-order valence-corrected chi connectivity index (χ1v) is 12.0. The molecule has 164 valence electrons. The van der Waals surface area contributed by atoms with Crippen LogP contribution in [0, 0.1) is 0 Å². The van der Waals surface area contributed by atoms with Crippen molar-refractivity contribution in [1.29, 1.82) is 0 Å². The molecule has 0 unspecified atom stereocenters. The van der Waals surface area contributed by atoms with E-state index in [1.807, 2.05) is 24.3 Å². The van der Waals surface area contributed by atoms with E-state index in [0.717, 1.165) is 11.1 Å². The smallest absolute Gasteiger partial charge is 0.337 e. The average molecular weight is 515 g/mol. The molecule has 7 nitrogen and oxygen atoms in total. The molecule has 4 rings (SSSR count). The summed E-state index contributed by atoms with van der Waals surface area (Å²) >= 11 is 3.20. The highest BCUT2D eigenvalue weighted by atomic mass is 79.9. The lowest BCUT2D eigenvalue weighted by atomic mass is 10.1. The molecule has 1 aliphatic rings. The van der Waals surface area contributed by atoms with Crippen LogP contribution in [0.2, 0.25) is 0 Å². The highest BCUT2D eigenvalue weighted by Crippen LogP contribution is 2.24. The van der Waals surface area contributed by atoms with Gasteiger partial charge >= 0.3 is 5.97 Å². The first-order chi connectivity index (χ1) is 15.2. The van der Waals surface area contributed by atoms with Gasteiger partial charge in [-0.15, -0.1) is 0 Å². The lowest BCUT2D eigenvalue weighted by Gasteiger charge is -2.14. The minimum Gasteiger partial charge on any atom is -0.478 e. The van der Waals surface area contributed by atoms with E-state index in [-0.39, 0.29) is 27.8 Å². The van der Waals surface area contributed by atoms with Gasteiger partial charge in [-0.05, 0) is 60.4 Å². The van der Waals surface area contributed by atoms with Crippen molar-refractivity contribution in [2.24, 2.45) is 0 Å². The average Bonchev–Trinajstić information content (AvgIpc) is 3.16. The third-order valence-corrected chi connectivity index (χ3v) is 7.25. The first-order valence-electron chi connectivity index (χ1n) is 9.76. The second-order valence-corrected chi connectivity index (χ2v) is 10.1. The summed E-state index contributed by atoms with van der Waals surface area (Å²) < 4.78 is 29.1. The number of nitrogens with one attached hydrogen (secondary N) is 2. The Balaban J connectivity index is 1.52. The van der Waals surface area contributed by atoms with Gasteiger partial charge in [-0.1, -0.05) is 46.3 Å². The minimum absolute atomic E-state index is 0.0321. The van der Waals surface area contributed by atoms with Gasteiger partial charge in [-0.25, -0.2) is 17.9 Å². The number of carboxylic acids is 1. The van der Waals surface area contributed by atoms with Crippen LogP contribution in [0.25, 0.3) is 0 Å². The normalized spacial score (nSPS) is 13.5. The van der Waals surface area contributed by atoms with Gasteiger partial charge in [0.1, 0.15) is 0 Å². The number of halogens is 1. The Morgan fingerprint density at radius 3 is 2.28 bits per heavy atom. The van der Waals surface area contributed by atoms with Crippen molar-refractivity contribution < 1.29 is 23.1 Å². The van der Waals surface area contributed by atoms with Gasteiger partial charge in [0.25, 0.3) is 5.91 Å².